The molecular weight excluding hydrogens is 280 g/mol. The van der Waals surface area contributed by atoms with E-state index in [2.05, 4.69) is 11.6 Å². The van der Waals surface area contributed by atoms with Gasteiger partial charge < -0.3 is 9.30 Å². The van der Waals surface area contributed by atoms with Crippen LogP contribution >= 0.6 is 0 Å². The van der Waals surface area contributed by atoms with Crippen LogP contribution in [0.25, 0.3) is 11.0 Å². The Morgan fingerprint density at radius 1 is 1.45 bits per heavy atom. The molecule has 2 rings (SSSR count). The topological polar surface area (TPSA) is 61.2 Å². The molecule has 0 radical (unpaired) electrons. The number of fused-ring (bicyclic) bond motifs is 1. The molecule has 116 valence electrons. The lowest BCUT2D eigenvalue weighted by Gasteiger charge is -2.13. The van der Waals surface area contributed by atoms with Gasteiger partial charge in [0, 0.05) is 13.5 Å². The molecule has 0 N–H and O–H groups in total. The van der Waals surface area contributed by atoms with Crippen molar-refractivity contribution in [3.8, 4) is 0 Å². The maximum Gasteiger partial charge on any atom is 0.302 e. The van der Waals surface area contributed by atoms with Gasteiger partial charge in [0.25, 0.3) is 5.56 Å². The van der Waals surface area contributed by atoms with E-state index in [4.69, 9.17) is 4.74 Å². The number of hydrogen-bond donors (Lipinski definition) is 0. The zero-order chi connectivity index (χ0) is 16.1. The van der Waals surface area contributed by atoms with Crippen LogP contribution in [0.4, 0.5) is 0 Å². The number of nitrogens with zero attached hydrogens (tertiary/aromatic N) is 2. The molecule has 0 aliphatic heterocycles. The van der Waals surface area contributed by atoms with Crippen molar-refractivity contribution < 1.29 is 9.53 Å². The van der Waals surface area contributed by atoms with Crippen molar-refractivity contribution >= 4 is 17.0 Å². The van der Waals surface area contributed by atoms with E-state index in [1.165, 1.54) is 6.92 Å². The third-order valence-electron chi connectivity index (χ3n) is 3.39. The summed E-state index contributed by atoms with van der Waals surface area (Å²) in [7, 11) is 0. The second-order valence-electron chi connectivity index (χ2n) is 5.21. The molecule has 0 aliphatic rings. The zero-order valence-electron chi connectivity index (χ0n) is 12.9. The Hall–Kier alpha value is -2.43. The Morgan fingerprint density at radius 2 is 2.18 bits per heavy atom. The Bertz CT molecular complexity index is 749. The quantitative estimate of drug-likeness (QED) is 0.607. The number of rotatable bonds is 6. The highest BCUT2D eigenvalue weighted by molar-refractivity contribution is 5.74. The lowest BCUT2D eigenvalue weighted by Crippen LogP contribution is -2.26. The third-order valence-corrected chi connectivity index (χ3v) is 3.39. The first-order chi connectivity index (χ1) is 10.5. The van der Waals surface area contributed by atoms with Crippen molar-refractivity contribution in [3.63, 3.8) is 0 Å². The molecule has 1 atom stereocenters. The van der Waals surface area contributed by atoms with E-state index >= 15 is 0 Å². The molecule has 1 heterocycles. The molecule has 5 heteroatoms. The summed E-state index contributed by atoms with van der Waals surface area (Å²) in [6, 6.07) is 7.53. The number of aryl methyl sites for hydroxylation is 1. The minimum absolute atomic E-state index is 0.117. The van der Waals surface area contributed by atoms with Crippen molar-refractivity contribution in [1.82, 2.24) is 9.55 Å². The molecule has 0 spiro atoms. The number of hydrogen-bond acceptors (Lipinski definition) is 4. The first-order valence-electron chi connectivity index (χ1n) is 7.29. The van der Waals surface area contributed by atoms with Crippen LogP contribution in [-0.2, 0) is 22.5 Å². The Kier molecular flexibility index (Phi) is 5.09. The van der Waals surface area contributed by atoms with Crippen molar-refractivity contribution in [2.24, 2.45) is 0 Å². The van der Waals surface area contributed by atoms with Gasteiger partial charge in [0.1, 0.15) is 5.69 Å². The van der Waals surface area contributed by atoms with Crippen LogP contribution in [-0.4, -0.2) is 21.6 Å². The monoisotopic (exact) mass is 300 g/mol. The van der Waals surface area contributed by atoms with Crippen LogP contribution in [0.5, 0.6) is 0 Å². The van der Waals surface area contributed by atoms with Crippen LogP contribution in [0.3, 0.4) is 0 Å². The lowest BCUT2D eigenvalue weighted by molar-refractivity contribution is -0.145. The highest BCUT2D eigenvalue weighted by Crippen LogP contribution is 2.11. The Morgan fingerprint density at radius 3 is 2.86 bits per heavy atom. The van der Waals surface area contributed by atoms with E-state index in [1.54, 1.807) is 10.6 Å². The maximum absolute atomic E-state index is 12.6. The number of carbonyl (C=O) groups excluding carboxylic acids is 1. The molecule has 1 aromatic heterocycles. The van der Waals surface area contributed by atoms with Gasteiger partial charge in [-0.25, -0.2) is 4.98 Å². The molecule has 0 aliphatic carbocycles. The number of ether oxygens (including phenoxy) is 1. The molecule has 0 saturated carbocycles. The Balaban J connectivity index is 2.33. The van der Waals surface area contributed by atoms with Gasteiger partial charge in [-0.2, -0.15) is 0 Å². The molecule has 0 bridgehead atoms. The summed E-state index contributed by atoms with van der Waals surface area (Å²) in [5.74, 6) is -0.317. The van der Waals surface area contributed by atoms with Gasteiger partial charge in [-0.05, 0) is 31.9 Å². The number of aromatic nitrogens is 2. The summed E-state index contributed by atoms with van der Waals surface area (Å²) in [6.45, 7) is 7.33. The number of para-hydroxylation sites is 2. The standard InChI is InChI=1S/C17H20N2O3/c1-4-11-19-16-8-6-5-7-14(16)18-15(17(19)21)10-9-12(2)22-13(3)20/h4-8,12H,1,9-11H2,2-3H3. The summed E-state index contributed by atoms with van der Waals surface area (Å²) in [5.41, 5.74) is 1.94. The molecule has 0 saturated heterocycles. The first kappa shape index (κ1) is 15.9. The largest absolute Gasteiger partial charge is 0.463 e. The molecule has 1 unspecified atom stereocenters. The van der Waals surface area contributed by atoms with Crippen molar-refractivity contribution in [2.75, 3.05) is 0 Å². The fraction of sp³-hybridized carbons (Fsp3) is 0.353. The SMILES string of the molecule is C=CCn1c(=O)c(CCC(C)OC(C)=O)nc2ccccc21. The fourth-order valence-corrected chi connectivity index (χ4v) is 2.40. The second kappa shape index (κ2) is 7.02. The summed E-state index contributed by atoms with van der Waals surface area (Å²) >= 11 is 0. The van der Waals surface area contributed by atoms with Gasteiger partial charge in [-0.3, -0.25) is 9.59 Å². The van der Waals surface area contributed by atoms with Crippen LogP contribution in [0.15, 0.2) is 41.7 Å². The summed E-state index contributed by atoms with van der Waals surface area (Å²) in [5, 5.41) is 0. The van der Waals surface area contributed by atoms with Crippen molar-refractivity contribution in [1.29, 1.82) is 0 Å². The smallest absolute Gasteiger partial charge is 0.302 e. The summed E-state index contributed by atoms with van der Waals surface area (Å²) in [6.07, 6.45) is 2.49. The highest BCUT2D eigenvalue weighted by atomic mass is 16.5. The van der Waals surface area contributed by atoms with Crippen LogP contribution in [0.2, 0.25) is 0 Å². The summed E-state index contributed by atoms with van der Waals surface area (Å²) in [4.78, 5) is 27.9. The minimum atomic E-state index is -0.317. The third kappa shape index (κ3) is 3.61. The van der Waals surface area contributed by atoms with Gasteiger partial charge in [0.2, 0.25) is 0 Å². The normalized spacial score (nSPS) is 12.1. The predicted octanol–water partition coefficient (Wildman–Crippen LogP) is 2.47. The van der Waals surface area contributed by atoms with Gasteiger partial charge in [-0.1, -0.05) is 18.2 Å². The van der Waals surface area contributed by atoms with Crippen LogP contribution in [0.1, 0.15) is 26.0 Å². The predicted molar refractivity (Wildman–Crippen MR) is 85.7 cm³/mol. The second-order valence-corrected chi connectivity index (χ2v) is 5.21. The van der Waals surface area contributed by atoms with E-state index in [0.717, 1.165) is 11.0 Å². The maximum atomic E-state index is 12.6. The molecule has 0 fully saturated rings. The van der Waals surface area contributed by atoms with E-state index in [-0.39, 0.29) is 17.6 Å². The van der Waals surface area contributed by atoms with E-state index in [9.17, 15) is 9.59 Å². The van der Waals surface area contributed by atoms with Gasteiger partial charge in [-0.15, -0.1) is 6.58 Å². The number of esters is 1. The number of benzene rings is 1. The van der Waals surface area contributed by atoms with E-state index in [1.807, 2.05) is 31.2 Å². The average Bonchev–Trinajstić information content (AvgIpc) is 2.48. The number of carbonyl (C=O) groups is 1. The van der Waals surface area contributed by atoms with Gasteiger partial charge >= 0.3 is 5.97 Å². The molecule has 0 amide bonds. The first-order valence-corrected chi connectivity index (χ1v) is 7.29. The van der Waals surface area contributed by atoms with E-state index in [0.29, 0.717) is 25.1 Å². The average molecular weight is 300 g/mol. The lowest BCUT2D eigenvalue weighted by atomic mass is 10.1. The molecule has 22 heavy (non-hydrogen) atoms. The van der Waals surface area contributed by atoms with Crippen LogP contribution in [0, 0.1) is 0 Å². The van der Waals surface area contributed by atoms with Crippen LogP contribution < -0.4 is 5.56 Å². The summed E-state index contributed by atoms with van der Waals surface area (Å²) < 4.78 is 6.75. The van der Waals surface area contributed by atoms with Crippen molar-refractivity contribution in [2.45, 2.75) is 39.3 Å². The molecule has 2 aromatic rings. The van der Waals surface area contributed by atoms with Gasteiger partial charge in [0.05, 0.1) is 17.1 Å². The highest BCUT2D eigenvalue weighted by Gasteiger charge is 2.12. The zero-order valence-corrected chi connectivity index (χ0v) is 12.9. The fourth-order valence-electron chi connectivity index (χ4n) is 2.40. The minimum Gasteiger partial charge on any atom is -0.463 e. The van der Waals surface area contributed by atoms with E-state index < -0.39 is 0 Å². The van der Waals surface area contributed by atoms with Gasteiger partial charge in [0.15, 0.2) is 0 Å². The number of allylic oxidation sites excluding steroid dienone is 1. The van der Waals surface area contributed by atoms with Crippen molar-refractivity contribution in [3.05, 3.63) is 53.0 Å². The molecule has 5 nitrogen and oxygen atoms in total. The molecular formula is C17H20N2O3. The molecule has 1 aromatic carbocycles. The Labute approximate surface area is 129 Å².